The lowest BCUT2D eigenvalue weighted by Gasteiger charge is -2.30. The number of aromatic amines is 1. The van der Waals surface area contributed by atoms with E-state index >= 15 is 0 Å². The molecular formula is C21H24N3O8P. The Kier molecular flexibility index (Phi) is 6.66. The lowest BCUT2D eigenvalue weighted by Crippen LogP contribution is -2.36. The van der Waals surface area contributed by atoms with Gasteiger partial charge in [-0.2, -0.15) is 4.67 Å². The fourth-order valence-corrected chi connectivity index (χ4v) is 5.72. The molecule has 1 aromatic heterocycles. The van der Waals surface area contributed by atoms with E-state index in [2.05, 4.69) is 4.98 Å². The van der Waals surface area contributed by atoms with Gasteiger partial charge in [0.2, 0.25) is 0 Å². The average Bonchev–Trinajstić information content (AvgIpc) is 3.46. The third-order valence-electron chi connectivity index (χ3n) is 5.41. The zero-order valence-corrected chi connectivity index (χ0v) is 18.7. The Morgan fingerprint density at radius 1 is 1.27 bits per heavy atom. The van der Waals surface area contributed by atoms with Gasteiger partial charge in [0.05, 0.1) is 6.61 Å². The van der Waals surface area contributed by atoms with Crippen molar-refractivity contribution in [2.24, 2.45) is 0 Å². The van der Waals surface area contributed by atoms with Crippen LogP contribution in [0, 0.1) is 6.92 Å². The fourth-order valence-electron chi connectivity index (χ4n) is 3.75. The molecule has 2 N–H and O–H groups in total. The van der Waals surface area contributed by atoms with E-state index < -0.39 is 43.3 Å². The first-order valence-electron chi connectivity index (χ1n) is 10.4. The van der Waals surface area contributed by atoms with Crippen LogP contribution in [-0.4, -0.2) is 50.6 Å². The smallest absolute Gasteiger partial charge is 0.462 e. The van der Waals surface area contributed by atoms with Crippen LogP contribution in [0.2, 0.25) is 0 Å². The Balaban J connectivity index is 1.50. The quantitative estimate of drug-likeness (QED) is 0.432. The van der Waals surface area contributed by atoms with Crippen molar-refractivity contribution in [3.05, 3.63) is 75.1 Å². The number of carbonyl (C=O) groups is 1. The van der Waals surface area contributed by atoms with E-state index in [9.17, 15) is 24.1 Å². The van der Waals surface area contributed by atoms with Gasteiger partial charge in [-0.1, -0.05) is 24.3 Å². The minimum Gasteiger partial charge on any atom is -0.480 e. The van der Waals surface area contributed by atoms with Gasteiger partial charge in [-0.25, -0.2) is 9.36 Å². The maximum absolute atomic E-state index is 13.8. The zero-order chi connectivity index (χ0) is 23.6. The molecule has 1 aromatic carbocycles. The number of rotatable bonds is 8. The summed E-state index contributed by atoms with van der Waals surface area (Å²) in [5.74, 6) is -0.814. The van der Waals surface area contributed by atoms with Crippen molar-refractivity contribution in [2.45, 2.75) is 38.1 Å². The molecule has 0 amide bonds. The highest BCUT2D eigenvalue weighted by Gasteiger charge is 2.46. The highest BCUT2D eigenvalue weighted by Crippen LogP contribution is 2.55. The highest BCUT2D eigenvalue weighted by atomic mass is 31.2. The van der Waals surface area contributed by atoms with E-state index in [0.29, 0.717) is 18.4 Å². The van der Waals surface area contributed by atoms with Gasteiger partial charge in [0.25, 0.3) is 5.56 Å². The first kappa shape index (κ1) is 23.2. The predicted molar refractivity (Wildman–Crippen MR) is 117 cm³/mol. The van der Waals surface area contributed by atoms with Crippen molar-refractivity contribution < 1.29 is 28.3 Å². The van der Waals surface area contributed by atoms with Crippen molar-refractivity contribution in [3.8, 4) is 5.75 Å². The van der Waals surface area contributed by atoms with Crippen LogP contribution in [0.5, 0.6) is 5.75 Å². The molecule has 4 rings (SSSR count). The van der Waals surface area contributed by atoms with Crippen molar-refractivity contribution in [1.29, 1.82) is 0 Å². The standard InChI is InChI=1S/C21H24N3O8P/c1-14-12-23(21(28)22-19(14)25)18-10-9-16(31-18)13-30-33(29,32-15-6-3-2-4-7-15)24-11-5-8-17(24)20(26)27/h2-4,6-7,9-10,12,16-18H,5,8,11,13H2,1H3,(H,26,27)(H,22,25,28)/t16-,17-,18+,33?/m0/s1. The molecule has 176 valence electrons. The molecule has 11 nitrogen and oxygen atoms in total. The molecule has 2 aromatic rings. The number of aromatic nitrogens is 2. The number of ether oxygens (including phenoxy) is 1. The third-order valence-corrected chi connectivity index (χ3v) is 7.44. The van der Waals surface area contributed by atoms with E-state index in [1.807, 2.05) is 0 Å². The Labute approximate surface area is 188 Å². The van der Waals surface area contributed by atoms with E-state index in [0.717, 1.165) is 0 Å². The van der Waals surface area contributed by atoms with Crippen LogP contribution < -0.4 is 15.8 Å². The molecule has 2 aliphatic rings. The molecule has 0 bridgehead atoms. The van der Waals surface area contributed by atoms with Crippen LogP contribution in [-0.2, 0) is 18.6 Å². The van der Waals surface area contributed by atoms with Gasteiger partial charge in [0.1, 0.15) is 17.9 Å². The van der Waals surface area contributed by atoms with Crippen LogP contribution in [0.15, 0.2) is 58.3 Å². The molecule has 0 aliphatic carbocycles. The van der Waals surface area contributed by atoms with Crippen LogP contribution in [0.3, 0.4) is 0 Å². The maximum Gasteiger partial charge on any atom is 0.462 e. The topological polar surface area (TPSA) is 140 Å². The van der Waals surface area contributed by atoms with Gasteiger partial charge >= 0.3 is 19.4 Å². The minimum absolute atomic E-state index is 0.197. The van der Waals surface area contributed by atoms with Crippen molar-refractivity contribution in [3.63, 3.8) is 0 Å². The van der Waals surface area contributed by atoms with Crippen LogP contribution in [0.1, 0.15) is 24.6 Å². The Morgan fingerprint density at radius 2 is 2.03 bits per heavy atom. The first-order chi connectivity index (χ1) is 15.8. The number of nitrogens with zero attached hydrogens (tertiary/aromatic N) is 2. The largest absolute Gasteiger partial charge is 0.480 e. The molecule has 0 saturated carbocycles. The zero-order valence-electron chi connectivity index (χ0n) is 17.8. The molecule has 2 aliphatic heterocycles. The van der Waals surface area contributed by atoms with Gasteiger partial charge in [-0.05, 0) is 38.0 Å². The van der Waals surface area contributed by atoms with Gasteiger partial charge in [0, 0.05) is 18.3 Å². The number of aliphatic carboxylic acids is 1. The SMILES string of the molecule is Cc1cn([C@H]2C=C[C@@H](COP(=O)(Oc3ccccc3)N3CCC[C@H]3C(=O)O)O2)c(=O)[nH]c1=O. The van der Waals surface area contributed by atoms with Crippen molar-refractivity contribution >= 4 is 13.7 Å². The van der Waals surface area contributed by atoms with Gasteiger partial charge < -0.3 is 14.4 Å². The molecule has 0 radical (unpaired) electrons. The maximum atomic E-state index is 13.8. The number of carboxylic acids is 1. The normalized spacial score (nSPS) is 24.6. The number of benzene rings is 1. The number of carboxylic acid groups (broad SMARTS) is 1. The molecule has 1 fully saturated rings. The van der Waals surface area contributed by atoms with E-state index in [4.69, 9.17) is 13.8 Å². The number of hydrogen-bond acceptors (Lipinski definition) is 7. The fraction of sp³-hybridized carbons (Fsp3) is 0.381. The minimum atomic E-state index is -4.04. The van der Waals surface area contributed by atoms with Crippen LogP contribution in [0.4, 0.5) is 0 Å². The summed E-state index contributed by atoms with van der Waals surface area (Å²) in [6.45, 7) is 1.62. The van der Waals surface area contributed by atoms with Crippen LogP contribution >= 0.6 is 7.75 Å². The highest BCUT2D eigenvalue weighted by molar-refractivity contribution is 7.51. The molecule has 3 heterocycles. The summed E-state index contributed by atoms with van der Waals surface area (Å²) >= 11 is 0. The molecule has 1 saturated heterocycles. The lowest BCUT2D eigenvalue weighted by atomic mass is 10.2. The van der Waals surface area contributed by atoms with Crippen molar-refractivity contribution in [1.82, 2.24) is 14.2 Å². The predicted octanol–water partition coefficient (Wildman–Crippen LogP) is 2.05. The first-order valence-corrected chi connectivity index (χ1v) is 11.9. The second-order valence-corrected chi connectivity index (χ2v) is 9.65. The summed E-state index contributed by atoms with van der Waals surface area (Å²) in [6, 6.07) is 7.40. The number of hydrogen-bond donors (Lipinski definition) is 2. The van der Waals surface area contributed by atoms with E-state index in [-0.39, 0.29) is 18.9 Å². The molecular weight excluding hydrogens is 453 g/mol. The van der Waals surface area contributed by atoms with Crippen molar-refractivity contribution in [2.75, 3.05) is 13.2 Å². The number of aryl methyl sites for hydroxylation is 1. The number of nitrogens with one attached hydrogen (secondary N) is 1. The third kappa shape index (κ3) is 5.01. The van der Waals surface area contributed by atoms with Crippen LogP contribution in [0.25, 0.3) is 0 Å². The molecule has 12 heteroatoms. The second kappa shape index (κ2) is 9.48. The summed E-state index contributed by atoms with van der Waals surface area (Å²) in [7, 11) is -4.04. The van der Waals surface area contributed by atoms with Gasteiger partial charge in [-0.15, -0.1) is 0 Å². The Morgan fingerprint density at radius 3 is 2.76 bits per heavy atom. The monoisotopic (exact) mass is 477 g/mol. The summed E-state index contributed by atoms with van der Waals surface area (Å²) in [5, 5.41) is 9.55. The summed E-state index contributed by atoms with van der Waals surface area (Å²) in [6.07, 6.45) is 4.07. The number of para-hydroxylation sites is 1. The summed E-state index contributed by atoms with van der Waals surface area (Å²) in [5.41, 5.74) is -0.752. The Bertz CT molecular complexity index is 1210. The van der Waals surface area contributed by atoms with Gasteiger partial charge in [-0.3, -0.25) is 23.7 Å². The van der Waals surface area contributed by atoms with E-state index in [1.54, 1.807) is 49.4 Å². The Hall–Kier alpha value is -2.98. The van der Waals surface area contributed by atoms with Gasteiger partial charge in [0.15, 0.2) is 6.23 Å². The number of H-pyrrole nitrogens is 1. The second-order valence-electron chi connectivity index (χ2n) is 7.76. The van der Waals surface area contributed by atoms with E-state index in [1.165, 1.54) is 15.4 Å². The molecule has 33 heavy (non-hydrogen) atoms. The average molecular weight is 477 g/mol. The summed E-state index contributed by atoms with van der Waals surface area (Å²) in [4.78, 5) is 37.6. The lowest BCUT2D eigenvalue weighted by molar-refractivity contribution is -0.141. The molecule has 1 unspecified atom stereocenters. The summed E-state index contributed by atoms with van der Waals surface area (Å²) < 4.78 is 33.5. The molecule has 0 spiro atoms. The molecule has 4 atom stereocenters.